The number of carbonyl (C=O) groups is 1. The minimum atomic E-state index is -3.85. The Labute approximate surface area is 128 Å². The fraction of sp³-hybridized carbons (Fsp3) is 0.615. The number of aryl methyl sites for hydroxylation is 1. The summed E-state index contributed by atoms with van der Waals surface area (Å²) in [4.78, 5) is 12.4. The van der Waals surface area contributed by atoms with Crippen molar-refractivity contribution in [2.45, 2.75) is 50.3 Å². The second kappa shape index (κ2) is 5.62. The SMILES string of the molecule is CCn1cc(S(=O)(=O)Cl)cc1C(=O)NC1(C)CCOC1C. The second-order valence-corrected chi connectivity index (χ2v) is 7.99. The average molecular weight is 335 g/mol. The quantitative estimate of drug-likeness (QED) is 0.851. The maximum absolute atomic E-state index is 12.4. The standard InChI is InChI=1S/C13H19ClN2O4S/c1-4-16-8-10(21(14,18)19)7-11(16)12(17)15-13(3)5-6-20-9(13)2/h7-9H,4-6H2,1-3H3,(H,15,17). The van der Waals surface area contributed by atoms with Gasteiger partial charge in [-0.15, -0.1) is 0 Å². The first-order valence-corrected chi connectivity index (χ1v) is 9.07. The van der Waals surface area contributed by atoms with E-state index in [4.69, 9.17) is 15.4 Å². The van der Waals surface area contributed by atoms with E-state index in [0.29, 0.717) is 19.6 Å². The van der Waals surface area contributed by atoms with E-state index < -0.39 is 14.6 Å². The summed E-state index contributed by atoms with van der Waals surface area (Å²) in [5, 5.41) is 2.94. The van der Waals surface area contributed by atoms with Crippen LogP contribution in [0.25, 0.3) is 0 Å². The van der Waals surface area contributed by atoms with Gasteiger partial charge in [-0.1, -0.05) is 0 Å². The molecule has 1 fully saturated rings. The van der Waals surface area contributed by atoms with Gasteiger partial charge in [0.05, 0.1) is 11.6 Å². The summed E-state index contributed by atoms with van der Waals surface area (Å²) in [6.07, 6.45) is 1.99. The largest absolute Gasteiger partial charge is 0.376 e. The molecule has 0 saturated carbocycles. The van der Waals surface area contributed by atoms with Crippen molar-refractivity contribution in [3.63, 3.8) is 0 Å². The number of ether oxygens (including phenoxy) is 1. The van der Waals surface area contributed by atoms with Crippen LogP contribution >= 0.6 is 10.7 Å². The first-order valence-electron chi connectivity index (χ1n) is 6.76. The number of rotatable bonds is 4. The Morgan fingerprint density at radius 2 is 2.29 bits per heavy atom. The number of nitrogens with zero attached hydrogens (tertiary/aromatic N) is 1. The normalized spacial score (nSPS) is 26.0. The molecule has 1 aromatic heterocycles. The Balaban J connectivity index is 2.29. The van der Waals surface area contributed by atoms with Crippen LogP contribution in [-0.4, -0.2) is 37.1 Å². The topological polar surface area (TPSA) is 77.4 Å². The molecule has 1 aliphatic rings. The van der Waals surface area contributed by atoms with E-state index in [9.17, 15) is 13.2 Å². The van der Waals surface area contributed by atoms with Gasteiger partial charge in [0.15, 0.2) is 0 Å². The molecule has 0 aromatic carbocycles. The molecule has 1 N–H and O–H groups in total. The highest BCUT2D eigenvalue weighted by molar-refractivity contribution is 8.13. The monoisotopic (exact) mass is 334 g/mol. The van der Waals surface area contributed by atoms with E-state index in [2.05, 4.69) is 5.32 Å². The Morgan fingerprint density at radius 1 is 1.62 bits per heavy atom. The highest BCUT2D eigenvalue weighted by atomic mass is 35.7. The zero-order valence-electron chi connectivity index (χ0n) is 12.2. The van der Waals surface area contributed by atoms with Crippen molar-refractivity contribution in [2.75, 3.05) is 6.61 Å². The molecule has 2 unspecified atom stereocenters. The van der Waals surface area contributed by atoms with Gasteiger partial charge in [-0.3, -0.25) is 4.79 Å². The molecule has 6 nitrogen and oxygen atoms in total. The molecule has 0 aliphatic carbocycles. The van der Waals surface area contributed by atoms with Gasteiger partial charge in [-0.05, 0) is 33.3 Å². The van der Waals surface area contributed by atoms with Crippen LogP contribution in [0, 0.1) is 0 Å². The van der Waals surface area contributed by atoms with Gasteiger partial charge in [-0.25, -0.2) is 8.42 Å². The number of hydrogen-bond donors (Lipinski definition) is 1. The van der Waals surface area contributed by atoms with Crippen LogP contribution in [0.4, 0.5) is 0 Å². The lowest BCUT2D eigenvalue weighted by atomic mass is 9.94. The third kappa shape index (κ3) is 3.25. The molecule has 118 valence electrons. The van der Waals surface area contributed by atoms with Crippen LogP contribution in [0.5, 0.6) is 0 Å². The summed E-state index contributed by atoms with van der Waals surface area (Å²) in [6.45, 7) is 6.71. The van der Waals surface area contributed by atoms with Gasteiger partial charge in [-0.2, -0.15) is 0 Å². The highest BCUT2D eigenvalue weighted by Crippen LogP contribution is 2.26. The highest BCUT2D eigenvalue weighted by Gasteiger charge is 2.39. The summed E-state index contributed by atoms with van der Waals surface area (Å²) >= 11 is 0. The first-order chi connectivity index (χ1) is 9.67. The molecule has 0 radical (unpaired) electrons. The van der Waals surface area contributed by atoms with Crippen LogP contribution in [0.15, 0.2) is 17.2 Å². The van der Waals surface area contributed by atoms with Crippen molar-refractivity contribution in [1.82, 2.24) is 9.88 Å². The number of nitrogens with one attached hydrogen (secondary N) is 1. The molecule has 8 heteroatoms. The minimum Gasteiger partial charge on any atom is -0.376 e. The number of carbonyl (C=O) groups excluding carboxylic acids is 1. The lowest BCUT2D eigenvalue weighted by molar-refractivity contribution is 0.0721. The maximum Gasteiger partial charge on any atom is 0.268 e. The van der Waals surface area contributed by atoms with Crippen molar-refractivity contribution in [3.8, 4) is 0 Å². The predicted molar refractivity (Wildman–Crippen MR) is 79.0 cm³/mol. The third-order valence-corrected chi connectivity index (χ3v) is 5.33. The van der Waals surface area contributed by atoms with Gasteiger partial charge < -0.3 is 14.6 Å². The zero-order chi connectivity index (χ0) is 15.8. The molecule has 0 spiro atoms. The summed E-state index contributed by atoms with van der Waals surface area (Å²) < 4.78 is 29.8. The average Bonchev–Trinajstić information content (AvgIpc) is 2.94. The predicted octanol–water partition coefficient (Wildman–Crippen LogP) is 1.73. The van der Waals surface area contributed by atoms with Crippen molar-refractivity contribution >= 4 is 25.6 Å². The van der Waals surface area contributed by atoms with Gasteiger partial charge in [0.1, 0.15) is 10.6 Å². The fourth-order valence-electron chi connectivity index (χ4n) is 2.39. The molecule has 2 heterocycles. The third-order valence-electron chi connectivity index (χ3n) is 4.01. The molecular formula is C13H19ClN2O4S. The summed E-state index contributed by atoms with van der Waals surface area (Å²) in [5.41, 5.74) is -0.183. The summed E-state index contributed by atoms with van der Waals surface area (Å²) in [7, 11) is 1.48. The number of halogens is 1. The van der Waals surface area contributed by atoms with E-state index in [1.807, 2.05) is 20.8 Å². The Morgan fingerprint density at radius 3 is 2.76 bits per heavy atom. The van der Waals surface area contributed by atoms with Crippen LogP contribution < -0.4 is 5.32 Å². The van der Waals surface area contributed by atoms with Gasteiger partial charge in [0.25, 0.3) is 15.0 Å². The van der Waals surface area contributed by atoms with Gasteiger partial charge in [0, 0.05) is 30.0 Å². The van der Waals surface area contributed by atoms with Crippen molar-refractivity contribution in [2.24, 2.45) is 0 Å². The summed E-state index contributed by atoms with van der Waals surface area (Å²) in [6, 6.07) is 1.30. The maximum atomic E-state index is 12.4. The molecule has 1 aromatic rings. The van der Waals surface area contributed by atoms with E-state index in [0.717, 1.165) is 0 Å². The molecule has 21 heavy (non-hydrogen) atoms. The molecule has 2 rings (SSSR count). The van der Waals surface area contributed by atoms with Crippen molar-refractivity contribution in [1.29, 1.82) is 0 Å². The van der Waals surface area contributed by atoms with Crippen molar-refractivity contribution in [3.05, 3.63) is 18.0 Å². The van der Waals surface area contributed by atoms with E-state index >= 15 is 0 Å². The molecule has 1 saturated heterocycles. The van der Waals surface area contributed by atoms with E-state index in [1.165, 1.54) is 12.3 Å². The van der Waals surface area contributed by atoms with Crippen LogP contribution in [0.1, 0.15) is 37.7 Å². The van der Waals surface area contributed by atoms with Crippen LogP contribution in [-0.2, 0) is 20.3 Å². The lowest BCUT2D eigenvalue weighted by Crippen LogP contribution is -2.51. The van der Waals surface area contributed by atoms with E-state index in [-0.39, 0.29) is 22.6 Å². The summed E-state index contributed by atoms with van der Waals surface area (Å²) in [5.74, 6) is -0.330. The number of aromatic nitrogens is 1. The van der Waals surface area contributed by atoms with Gasteiger partial charge >= 0.3 is 0 Å². The fourth-order valence-corrected chi connectivity index (χ4v) is 3.15. The smallest absolute Gasteiger partial charge is 0.268 e. The second-order valence-electron chi connectivity index (χ2n) is 5.42. The molecule has 1 amide bonds. The Kier molecular flexibility index (Phi) is 4.37. The lowest BCUT2D eigenvalue weighted by Gasteiger charge is -2.29. The van der Waals surface area contributed by atoms with Crippen LogP contribution in [0.2, 0.25) is 0 Å². The zero-order valence-corrected chi connectivity index (χ0v) is 13.8. The Hall–Kier alpha value is -1.05. The molecule has 1 aliphatic heterocycles. The first kappa shape index (κ1) is 16.3. The van der Waals surface area contributed by atoms with E-state index in [1.54, 1.807) is 4.57 Å². The minimum absolute atomic E-state index is 0.0722. The number of hydrogen-bond acceptors (Lipinski definition) is 4. The van der Waals surface area contributed by atoms with Gasteiger partial charge in [0.2, 0.25) is 0 Å². The number of amides is 1. The molecule has 2 atom stereocenters. The molecule has 0 bridgehead atoms. The Bertz CT molecular complexity index is 655. The van der Waals surface area contributed by atoms with Crippen LogP contribution in [0.3, 0.4) is 0 Å². The molecular weight excluding hydrogens is 316 g/mol. The van der Waals surface area contributed by atoms with Crippen molar-refractivity contribution < 1.29 is 17.9 Å².